The zero-order valence-electron chi connectivity index (χ0n) is 14.5. The van der Waals surface area contributed by atoms with Gasteiger partial charge in [-0.2, -0.15) is 5.26 Å². The number of nitrogens with one attached hydrogen (secondary N) is 1. The molecule has 0 spiro atoms. The van der Waals surface area contributed by atoms with Crippen LogP contribution in [0.1, 0.15) is 55.2 Å². The molecular weight excluding hydrogens is 326 g/mol. The van der Waals surface area contributed by atoms with E-state index in [1.165, 1.54) is 17.8 Å². The van der Waals surface area contributed by atoms with Gasteiger partial charge in [0, 0.05) is 6.04 Å². The number of hydrogen-bond donors (Lipinski definition) is 1. The van der Waals surface area contributed by atoms with E-state index >= 15 is 0 Å². The van der Waals surface area contributed by atoms with E-state index in [4.69, 9.17) is 4.74 Å². The zero-order chi connectivity index (χ0) is 18.1. The molecule has 1 heterocycles. The first-order chi connectivity index (χ1) is 11.4. The zero-order valence-corrected chi connectivity index (χ0v) is 15.3. The summed E-state index contributed by atoms with van der Waals surface area (Å²) in [6, 6.07) is 3.62. The Morgan fingerprint density at radius 2 is 2.17 bits per heavy atom. The largest absolute Gasteiger partial charge is 0.462 e. The summed E-state index contributed by atoms with van der Waals surface area (Å²) >= 11 is 1.19. The van der Waals surface area contributed by atoms with Crippen LogP contribution in [0.4, 0.5) is 0 Å². The fourth-order valence-electron chi connectivity index (χ4n) is 2.14. The summed E-state index contributed by atoms with van der Waals surface area (Å²) < 4.78 is 4.95. The molecule has 1 amide bonds. The lowest BCUT2D eigenvalue weighted by atomic mass is 10.1. The van der Waals surface area contributed by atoms with Crippen molar-refractivity contribution in [1.82, 2.24) is 10.3 Å². The second-order valence-corrected chi connectivity index (χ2v) is 6.32. The van der Waals surface area contributed by atoms with Crippen LogP contribution in [0.25, 0.3) is 0 Å². The van der Waals surface area contributed by atoms with Gasteiger partial charge in [-0.25, -0.2) is 9.78 Å². The maximum absolute atomic E-state index is 11.9. The summed E-state index contributed by atoms with van der Waals surface area (Å²) in [4.78, 5) is 28.1. The number of hydrogen-bond acceptors (Lipinski definition) is 6. The number of aromatic nitrogens is 1. The first-order valence-corrected chi connectivity index (χ1v) is 8.92. The van der Waals surface area contributed by atoms with E-state index in [2.05, 4.69) is 17.2 Å². The number of nitrogens with zero attached hydrogens (tertiary/aromatic N) is 2. The predicted molar refractivity (Wildman–Crippen MR) is 92.9 cm³/mol. The molecule has 130 valence electrons. The first-order valence-electron chi connectivity index (χ1n) is 7.93. The molecule has 1 aromatic rings. The molecule has 7 heteroatoms. The van der Waals surface area contributed by atoms with Gasteiger partial charge in [-0.3, -0.25) is 4.79 Å². The van der Waals surface area contributed by atoms with Gasteiger partial charge in [0.05, 0.1) is 29.2 Å². The molecule has 0 bridgehead atoms. The lowest BCUT2D eigenvalue weighted by Crippen LogP contribution is -2.33. The van der Waals surface area contributed by atoms with E-state index < -0.39 is 5.97 Å². The Labute approximate surface area is 147 Å². The maximum Gasteiger partial charge on any atom is 0.340 e. The molecule has 1 atom stereocenters. The third-order valence-electron chi connectivity index (χ3n) is 3.26. The molecule has 0 saturated carbocycles. The minimum Gasteiger partial charge on any atom is -0.462 e. The van der Waals surface area contributed by atoms with Crippen LogP contribution >= 0.6 is 11.8 Å². The monoisotopic (exact) mass is 349 g/mol. The van der Waals surface area contributed by atoms with Gasteiger partial charge in [0.25, 0.3) is 0 Å². The Hall–Kier alpha value is -2.07. The minimum atomic E-state index is -0.498. The second kappa shape index (κ2) is 9.93. The van der Waals surface area contributed by atoms with Crippen molar-refractivity contribution in [1.29, 1.82) is 5.26 Å². The SMILES string of the molecule is CCC[C@@H](C)NC(=O)CSc1nc(C)c(C(=O)OCC)cc1C#N. The van der Waals surface area contributed by atoms with E-state index in [1.54, 1.807) is 13.8 Å². The van der Waals surface area contributed by atoms with Gasteiger partial charge >= 0.3 is 5.97 Å². The average molecular weight is 349 g/mol. The molecule has 6 nitrogen and oxygen atoms in total. The molecule has 0 saturated heterocycles. The third-order valence-corrected chi connectivity index (χ3v) is 4.25. The number of amides is 1. The van der Waals surface area contributed by atoms with E-state index in [9.17, 15) is 14.9 Å². The third kappa shape index (κ3) is 5.85. The van der Waals surface area contributed by atoms with Crippen LogP contribution in [0.5, 0.6) is 0 Å². The molecule has 0 aliphatic rings. The van der Waals surface area contributed by atoms with Crippen LogP contribution in [0.2, 0.25) is 0 Å². The molecule has 0 aliphatic carbocycles. The molecule has 0 fully saturated rings. The maximum atomic E-state index is 11.9. The normalized spacial score (nSPS) is 11.5. The lowest BCUT2D eigenvalue weighted by Gasteiger charge is -2.13. The Morgan fingerprint density at radius 3 is 2.75 bits per heavy atom. The molecule has 0 unspecified atom stereocenters. The fraction of sp³-hybridized carbons (Fsp3) is 0.529. The van der Waals surface area contributed by atoms with Crippen LogP contribution < -0.4 is 5.32 Å². The summed E-state index contributed by atoms with van der Waals surface area (Å²) in [6.45, 7) is 7.68. The van der Waals surface area contributed by atoms with Gasteiger partial charge in [0.2, 0.25) is 5.91 Å². The topological polar surface area (TPSA) is 92.1 Å². The van der Waals surface area contributed by atoms with Crippen LogP contribution in [-0.2, 0) is 9.53 Å². The number of pyridine rings is 1. The van der Waals surface area contributed by atoms with Gasteiger partial charge in [0.1, 0.15) is 11.1 Å². The fourth-order valence-corrected chi connectivity index (χ4v) is 2.96. The van der Waals surface area contributed by atoms with Crippen molar-refractivity contribution in [2.75, 3.05) is 12.4 Å². The van der Waals surface area contributed by atoms with Crippen molar-refractivity contribution < 1.29 is 14.3 Å². The Morgan fingerprint density at radius 1 is 1.46 bits per heavy atom. The van der Waals surface area contributed by atoms with Crippen molar-refractivity contribution in [3.8, 4) is 6.07 Å². The van der Waals surface area contributed by atoms with Crippen molar-refractivity contribution >= 4 is 23.6 Å². The van der Waals surface area contributed by atoms with Gasteiger partial charge in [-0.1, -0.05) is 25.1 Å². The number of aryl methyl sites for hydroxylation is 1. The standard InChI is InChI=1S/C17H23N3O3S/c1-5-7-11(3)19-15(21)10-24-16-13(9-18)8-14(12(4)20-16)17(22)23-6-2/h8,11H,5-7,10H2,1-4H3,(H,19,21)/t11-/m1/s1. The van der Waals surface area contributed by atoms with Crippen molar-refractivity contribution in [3.05, 3.63) is 22.9 Å². The predicted octanol–water partition coefficient (Wildman–Crippen LogP) is 2.84. The molecule has 1 N–H and O–H groups in total. The number of thioether (sulfide) groups is 1. The Balaban J connectivity index is 2.82. The molecular formula is C17H23N3O3S. The Bertz CT molecular complexity index is 641. The van der Waals surface area contributed by atoms with Crippen molar-refractivity contribution in [3.63, 3.8) is 0 Å². The summed E-state index contributed by atoms with van der Waals surface area (Å²) in [7, 11) is 0. The smallest absolute Gasteiger partial charge is 0.340 e. The van der Waals surface area contributed by atoms with Crippen molar-refractivity contribution in [2.24, 2.45) is 0 Å². The number of rotatable bonds is 8. The second-order valence-electron chi connectivity index (χ2n) is 5.35. The van der Waals surface area contributed by atoms with Crippen LogP contribution in [0.15, 0.2) is 11.1 Å². The number of ether oxygens (including phenoxy) is 1. The number of carbonyl (C=O) groups is 2. The quantitative estimate of drug-likeness (QED) is 0.573. The summed E-state index contributed by atoms with van der Waals surface area (Å²) in [5.74, 6) is -0.422. The molecule has 24 heavy (non-hydrogen) atoms. The number of carbonyl (C=O) groups excluding carboxylic acids is 2. The average Bonchev–Trinajstić information content (AvgIpc) is 2.53. The van der Waals surface area contributed by atoms with Crippen molar-refractivity contribution in [2.45, 2.75) is 51.6 Å². The molecule has 1 rings (SSSR count). The summed E-state index contributed by atoms with van der Waals surface area (Å²) in [5, 5.41) is 12.6. The highest BCUT2D eigenvalue weighted by Crippen LogP contribution is 2.23. The highest BCUT2D eigenvalue weighted by atomic mass is 32.2. The van der Waals surface area contributed by atoms with Gasteiger partial charge < -0.3 is 10.1 Å². The van der Waals surface area contributed by atoms with Crippen LogP contribution in [0.3, 0.4) is 0 Å². The van der Waals surface area contributed by atoms with Crippen LogP contribution in [0, 0.1) is 18.3 Å². The molecule has 0 aliphatic heterocycles. The highest BCUT2D eigenvalue weighted by Gasteiger charge is 2.17. The number of nitriles is 1. The summed E-state index contributed by atoms with van der Waals surface area (Å²) in [6.07, 6.45) is 1.93. The minimum absolute atomic E-state index is 0.0984. The van der Waals surface area contributed by atoms with Gasteiger partial charge in [-0.15, -0.1) is 0 Å². The molecule has 1 aromatic heterocycles. The lowest BCUT2D eigenvalue weighted by molar-refractivity contribution is -0.119. The summed E-state index contributed by atoms with van der Waals surface area (Å²) in [5.41, 5.74) is 1.02. The van der Waals surface area contributed by atoms with Gasteiger partial charge in [-0.05, 0) is 33.3 Å². The first kappa shape index (κ1) is 20.0. The van der Waals surface area contributed by atoms with E-state index in [0.717, 1.165) is 12.8 Å². The molecule has 0 aromatic carbocycles. The molecule has 0 radical (unpaired) electrons. The van der Waals surface area contributed by atoms with E-state index in [-0.39, 0.29) is 35.4 Å². The Kier molecular flexibility index (Phi) is 8.27. The van der Waals surface area contributed by atoms with E-state index in [0.29, 0.717) is 10.7 Å². The highest BCUT2D eigenvalue weighted by molar-refractivity contribution is 8.00. The van der Waals surface area contributed by atoms with Crippen LogP contribution in [-0.4, -0.2) is 35.3 Å². The van der Waals surface area contributed by atoms with Gasteiger partial charge in [0.15, 0.2) is 0 Å². The number of esters is 1. The van der Waals surface area contributed by atoms with E-state index in [1.807, 2.05) is 13.0 Å².